The standard InChI is InChI=1S/C30H32N4O4/c1-36-26-12-7-8-22(20-26)21-27-33-28(34-38-27)30(23-9-3-2-4-10-23)16-13-25(14-17-30)37-29(35)32-19-15-24-11-5-6-18-31-24/h2-12,18,20,25H,13-17,19,21H2,1H3,(H,32,35). The maximum atomic E-state index is 12.4. The van der Waals surface area contributed by atoms with Gasteiger partial charge in [-0.25, -0.2) is 4.79 Å². The average Bonchev–Trinajstić information content (AvgIpc) is 3.43. The minimum Gasteiger partial charge on any atom is -0.497 e. The lowest BCUT2D eigenvalue weighted by atomic mass is 9.68. The van der Waals surface area contributed by atoms with Crippen LogP contribution in [0.15, 0.2) is 83.5 Å². The Bertz CT molecular complexity index is 1320. The predicted octanol–water partition coefficient (Wildman–Crippen LogP) is 5.26. The molecule has 4 aromatic rings. The van der Waals surface area contributed by atoms with E-state index in [9.17, 15) is 4.79 Å². The third kappa shape index (κ3) is 6.02. The number of pyridine rings is 1. The molecule has 0 radical (unpaired) electrons. The Morgan fingerprint density at radius 2 is 1.87 bits per heavy atom. The molecule has 0 aliphatic heterocycles. The van der Waals surface area contributed by atoms with Crippen LogP contribution in [0.1, 0.15) is 54.2 Å². The molecule has 0 atom stereocenters. The first-order valence-electron chi connectivity index (χ1n) is 13.0. The molecule has 1 aliphatic rings. The highest BCUT2D eigenvalue weighted by Crippen LogP contribution is 2.44. The van der Waals surface area contributed by atoms with Crippen molar-refractivity contribution in [2.75, 3.05) is 13.7 Å². The van der Waals surface area contributed by atoms with Crippen LogP contribution in [0.4, 0.5) is 4.79 Å². The summed E-state index contributed by atoms with van der Waals surface area (Å²) in [5.41, 5.74) is 2.72. The third-order valence-electron chi connectivity index (χ3n) is 7.15. The fourth-order valence-electron chi connectivity index (χ4n) is 5.11. The van der Waals surface area contributed by atoms with Crippen LogP contribution in [-0.4, -0.2) is 41.0 Å². The van der Waals surface area contributed by atoms with E-state index in [1.54, 1.807) is 13.3 Å². The first-order valence-corrected chi connectivity index (χ1v) is 13.0. The first kappa shape index (κ1) is 25.4. The van der Waals surface area contributed by atoms with Gasteiger partial charge in [0, 0.05) is 24.9 Å². The first-order chi connectivity index (χ1) is 18.6. The molecule has 0 spiro atoms. The van der Waals surface area contributed by atoms with Crippen molar-refractivity contribution in [2.24, 2.45) is 0 Å². The van der Waals surface area contributed by atoms with Crippen molar-refractivity contribution in [1.82, 2.24) is 20.4 Å². The molecular formula is C30H32N4O4. The van der Waals surface area contributed by atoms with Gasteiger partial charge in [-0.3, -0.25) is 4.98 Å². The van der Waals surface area contributed by atoms with Gasteiger partial charge in [0.1, 0.15) is 11.9 Å². The number of aromatic nitrogens is 3. The number of amides is 1. The van der Waals surface area contributed by atoms with E-state index < -0.39 is 11.5 Å². The van der Waals surface area contributed by atoms with Gasteiger partial charge in [-0.15, -0.1) is 0 Å². The van der Waals surface area contributed by atoms with Crippen molar-refractivity contribution >= 4 is 6.09 Å². The maximum absolute atomic E-state index is 12.4. The number of nitrogens with one attached hydrogen (secondary N) is 1. The summed E-state index contributed by atoms with van der Waals surface area (Å²) >= 11 is 0. The molecule has 2 aromatic carbocycles. The molecule has 1 amide bonds. The third-order valence-corrected chi connectivity index (χ3v) is 7.15. The monoisotopic (exact) mass is 512 g/mol. The molecule has 5 rings (SSSR count). The van der Waals surface area contributed by atoms with E-state index in [4.69, 9.17) is 19.0 Å². The van der Waals surface area contributed by atoms with Gasteiger partial charge in [-0.2, -0.15) is 4.98 Å². The fourth-order valence-corrected chi connectivity index (χ4v) is 5.11. The van der Waals surface area contributed by atoms with E-state index in [-0.39, 0.29) is 6.10 Å². The zero-order valence-electron chi connectivity index (χ0n) is 21.5. The van der Waals surface area contributed by atoms with Gasteiger partial charge in [0.25, 0.3) is 0 Å². The Morgan fingerprint density at radius 3 is 2.63 bits per heavy atom. The Morgan fingerprint density at radius 1 is 1.05 bits per heavy atom. The summed E-state index contributed by atoms with van der Waals surface area (Å²) in [7, 11) is 1.65. The number of hydrogen-bond donors (Lipinski definition) is 1. The molecule has 8 heteroatoms. The Balaban J connectivity index is 1.23. The van der Waals surface area contributed by atoms with Crippen LogP contribution in [0.2, 0.25) is 0 Å². The molecule has 2 aromatic heterocycles. The van der Waals surface area contributed by atoms with Crippen LogP contribution >= 0.6 is 0 Å². The van der Waals surface area contributed by atoms with Crippen molar-refractivity contribution in [3.05, 3.63) is 108 Å². The summed E-state index contributed by atoms with van der Waals surface area (Å²) in [5.74, 6) is 2.04. The van der Waals surface area contributed by atoms with Crippen molar-refractivity contribution in [3.8, 4) is 5.75 Å². The van der Waals surface area contributed by atoms with Crippen molar-refractivity contribution in [2.45, 2.75) is 50.0 Å². The average molecular weight is 513 g/mol. The molecule has 0 bridgehead atoms. The van der Waals surface area contributed by atoms with Crippen molar-refractivity contribution in [3.63, 3.8) is 0 Å². The molecule has 2 heterocycles. The number of methoxy groups -OCH3 is 1. The van der Waals surface area contributed by atoms with E-state index in [2.05, 4.69) is 27.6 Å². The van der Waals surface area contributed by atoms with E-state index in [0.29, 0.717) is 43.9 Å². The lowest BCUT2D eigenvalue weighted by Gasteiger charge is -2.38. The zero-order valence-corrected chi connectivity index (χ0v) is 21.5. The van der Waals surface area contributed by atoms with Gasteiger partial charge < -0.3 is 19.3 Å². The normalized spacial score (nSPS) is 19.0. The highest BCUT2D eigenvalue weighted by molar-refractivity contribution is 5.67. The van der Waals surface area contributed by atoms with Crippen LogP contribution in [0.3, 0.4) is 0 Å². The minimum absolute atomic E-state index is 0.162. The molecule has 8 nitrogen and oxygen atoms in total. The summed E-state index contributed by atoms with van der Waals surface area (Å²) in [6.07, 6.45) is 5.31. The van der Waals surface area contributed by atoms with Crippen LogP contribution in [0.5, 0.6) is 5.75 Å². The number of carbonyl (C=O) groups is 1. The Hall–Kier alpha value is -4.20. The molecule has 196 valence electrons. The Labute approximate surface area is 222 Å². The van der Waals surface area contributed by atoms with Crippen LogP contribution in [-0.2, 0) is 23.0 Å². The number of alkyl carbamates (subject to hydrolysis) is 1. The van der Waals surface area contributed by atoms with Crippen molar-refractivity contribution < 1.29 is 18.8 Å². The maximum Gasteiger partial charge on any atom is 0.407 e. The summed E-state index contributed by atoms with van der Waals surface area (Å²) in [6, 6.07) is 23.9. The fraction of sp³-hybridized carbons (Fsp3) is 0.333. The second kappa shape index (κ2) is 11.9. The van der Waals surface area contributed by atoms with Crippen LogP contribution in [0.25, 0.3) is 0 Å². The van der Waals surface area contributed by atoms with E-state index in [0.717, 1.165) is 35.4 Å². The molecule has 1 saturated carbocycles. The van der Waals surface area contributed by atoms with Gasteiger partial charge in [-0.05, 0) is 61.1 Å². The summed E-state index contributed by atoms with van der Waals surface area (Å²) in [6.45, 7) is 0.482. The zero-order chi connectivity index (χ0) is 26.2. The van der Waals surface area contributed by atoms with E-state index in [1.165, 1.54) is 0 Å². The van der Waals surface area contributed by atoms with Crippen LogP contribution < -0.4 is 10.1 Å². The van der Waals surface area contributed by atoms with Gasteiger partial charge in [0.15, 0.2) is 5.82 Å². The second-order valence-corrected chi connectivity index (χ2v) is 9.59. The molecule has 1 fully saturated rings. The van der Waals surface area contributed by atoms with Gasteiger partial charge in [0.2, 0.25) is 5.89 Å². The number of benzene rings is 2. The van der Waals surface area contributed by atoms with Gasteiger partial charge in [-0.1, -0.05) is 53.7 Å². The lowest BCUT2D eigenvalue weighted by Crippen LogP contribution is -2.39. The smallest absolute Gasteiger partial charge is 0.407 e. The number of rotatable bonds is 9. The Kier molecular flexibility index (Phi) is 7.97. The lowest BCUT2D eigenvalue weighted by molar-refractivity contribution is 0.0616. The molecule has 38 heavy (non-hydrogen) atoms. The van der Waals surface area contributed by atoms with E-state index >= 15 is 0 Å². The number of ether oxygens (including phenoxy) is 2. The molecule has 0 unspecified atom stereocenters. The molecule has 1 N–H and O–H groups in total. The summed E-state index contributed by atoms with van der Waals surface area (Å²) in [4.78, 5) is 21.5. The highest BCUT2D eigenvalue weighted by Gasteiger charge is 2.43. The predicted molar refractivity (Wildman–Crippen MR) is 142 cm³/mol. The van der Waals surface area contributed by atoms with Gasteiger partial charge >= 0.3 is 6.09 Å². The van der Waals surface area contributed by atoms with Crippen molar-refractivity contribution in [1.29, 1.82) is 0 Å². The highest BCUT2D eigenvalue weighted by atomic mass is 16.6. The number of hydrogen-bond acceptors (Lipinski definition) is 7. The quantitative estimate of drug-likeness (QED) is 0.326. The molecular weight excluding hydrogens is 480 g/mol. The van der Waals surface area contributed by atoms with Crippen LogP contribution in [0, 0.1) is 0 Å². The number of nitrogens with zero attached hydrogens (tertiary/aromatic N) is 3. The molecule has 1 aliphatic carbocycles. The SMILES string of the molecule is COc1cccc(Cc2nc(C3(c4ccccc4)CCC(OC(=O)NCCc4ccccn4)CC3)no2)c1. The minimum atomic E-state index is -0.396. The summed E-state index contributed by atoms with van der Waals surface area (Å²) < 4.78 is 16.8. The number of carbonyl (C=O) groups excluding carboxylic acids is 1. The molecule has 0 saturated heterocycles. The topological polar surface area (TPSA) is 99.4 Å². The van der Waals surface area contributed by atoms with Gasteiger partial charge in [0.05, 0.1) is 18.9 Å². The second-order valence-electron chi connectivity index (χ2n) is 9.59. The largest absolute Gasteiger partial charge is 0.497 e. The summed E-state index contributed by atoms with van der Waals surface area (Å²) in [5, 5.41) is 7.29. The van der Waals surface area contributed by atoms with E-state index in [1.807, 2.05) is 60.7 Å².